The zero-order chi connectivity index (χ0) is 12.0. The molecule has 0 aromatic carbocycles. The highest BCUT2D eigenvalue weighted by Gasteiger charge is 2.25. The Bertz CT molecular complexity index is 272. The lowest BCUT2D eigenvalue weighted by Gasteiger charge is -2.28. The van der Waals surface area contributed by atoms with E-state index in [0.29, 0.717) is 12.3 Å². The first kappa shape index (κ1) is 13.0. The van der Waals surface area contributed by atoms with Crippen molar-refractivity contribution in [3.05, 3.63) is 0 Å². The Morgan fingerprint density at radius 1 is 1.69 bits per heavy atom. The molecule has 1 aliphatic heterocycles. The molecule has 16 heavy (non-hydrogen) atoms. The fraction of sp³-hybridized carbons (Fsp3) is 0.833. The van der Waals surface area contributed by atoms with Gasteiger partial charge in [0.2, 0.25) is 5.91 Å². The number of amides is 1. The summed E-state index contributed by atoms with van der Waals surface area (Å²) in [6.45, 7) is 5.07. The molecule has 0 aromatic heterocycles. The van der Waals surface area contributed by atoms with Gasteiger partial charge in [0, 0.05) is 6.04 Å². The van der Waals surface area contributed by atoms with Gasteiger partial charge in [-0.2, -0.15) is 5.26 Å². The van der Waals surface area contributed by atoms with Gasteiger partial charge in [0.05, 0.1) is 18.5 Å². The van der Waals surface area contributed by atoms with E-state index in [1.54, 1.807) is 0 Å². The maximum Gasteiger partial charge on any atom is 0.237 e. The van der Waals surface area contributed by atoms with Crippen LogP contribution in [0.5, 0.6) is 0 Å². The van der Waals surface area contributed by atoms with Crippen molar-refractivity contribution in [2.75, 3.05) is 6.54 Å². The third kappa shape index (κ3) is 3.82. The van der Waals surface area contributed by atoms with Gasteiger partial charge < -0.3 is 10.6 Å². The number of nitriles is 1. The van der Waals surface area contributed by atoms with Crippen LogP contribution in [0.4, 0.5) is 0 Å². The number of hydrogen-bond donors (Lipinski definition) is 2. The Hall–Kier alpha value is -1.08. The van der Waals surface area contributed by atoms with Crippen molar-refractivity contribution in [1.82, 2.24) is 10.6 Å². The predicted molar refractivity (Wildman–Crippen MR) is 62.6 cm³/mol. The van der Waals surface area contributed by atoms with Crippen LogP contribution < -0.4 is 10.6 Å². The molecule has 1 amide bonds. The molecule has 0 saturated carbocycles. The van der Waals surface area contributed by atoms with Crippen LogP contribution in [0.1, 0.15) is 39.5 Å². The van der Waals surface area contributed by atoms with Crippen molar-refractivity contribution >= 4 is 5.91 Å². The van der Waals surface area contributed by atoms with Gasteiger partial charge in [-0.3, -0.25) is 4.79 Å². The molecule has 3 atom stereocenters. The molecule has 1 fully saturated rings. The Labute approximate surface area is 97.4 Å². The molecule has 0 spiro atoms. The van der Waals surface area contributed by atoms with Gasteiger partial charge >= 0.3 is 0 Å². The van der Waals surface area contributed by atoms with Gasteiger partial charge in [0.25, 0.3) is 0 Å². The average molecular weight is 223 g/mol. The summed E-state index contributed by atoms with van der Waals surface area (Å²) < 4.78 is 0. The molecular weight excluding hydrogens is 202 g/mol. The van der Waals surface area contributed by atoms with Crippen LogP contribution in [0.2, 0.25) is 0 Å². The summed E-state index contributed by atoms with van der Waals surface area (Å²) in [4.78, 5) is 11.9. The molecule has 1 aliphatic rings. The molecule has 1 heterocycles. The normalized spacial score (nSPS) is 26.8. The summed E-state index contributed by atoms with van der Waals surface area (Å²) in [6, 6.07) is 2.02. The highest BCUT2D eigenvalue weighted by atomic mass is 16.2. The summed E-state index contributed by atoms with van der Waals surface area (Å²) in [6.07, 6.45) is 3.24. The van der Waals surface area contributed by atoms with Crippen molar-refractivity contribution in [3.63, 3.8) is 0 Å². The zero-order valence-electron chi connectivity index (χ0n) is 10.1. The fourth-order valence-electron chi connectivity index (χ4n) is 2.02. The van der Waals surface area contributed by atoms with Crippen LogP contribution in [-0.4, -0.2) is 24.5 Å². The molecule has 1 rings (SSSR count). The number of piperidine rings is 1. The Kier molecular flexibility index (Phi) is 5.27. The monoisotopic (exact) mass is 223 g/mol. The second-order valence-corrected chi connectivity index (χ2v) is 4.61. The Balaban J connectivity index is 2.41. The molecule has 0 aromatic rings. The summed E-state index contributed by atoms with van der Waals surface area (Å²) in [5, 5.41) is 14.8. The molecule has 1 saturated heterocycles. The topological polar surface area (TPSA) is 64.9 Å². The van der Waals surface area contributed by atoms with Gasteiger partial charge in [-0.05, 0) is 31.7 Å². The molecule has 0 aliphatic carbocycles. The molecular formula is C12H21N3O. The molecule has 0 radical (unpaired) electrons. The van der Waals surface area contributed by atoms with Crippen molar-refractivity contribution in [2.24, 2.45) is 5.92 Å². The maximum absolute atomic E-state index is 11.9. The minimum atomic E-state index is -0.0727. The first-order valence-electron chi connectivity index (χ1n) is 6.08. The minimum absolute atomic E-state index is 0.00321. The minimum Gasteiger partial charge on any atom is -0.351 e. The third-order valence-electron chi connectivity index (χ3n) is 3.16. The van der Waals surface area contributed by atoms with E-state index in [1.165, 1.54) is 0 Å². The lowest BCUT2D eigenvalue weighted by atomic mass is 9.93. The second kappa shape index (κ2) is 6.49. The van der Waals surface area contributed by atoms with Crippen molar-refractivity contribution in [2.45, 2.75) is 51.6 Å². The number of carbonyl (C=O) groups excluding carboxylic acids is 1. The molecule has 4 nitrogen and oxygen atoms in total. The van der Waals surface area contributed by atoms with E-state index in [0.717, 1.165) is 25.8 Å². The lowest BCUT2D eigenvalue weighted by molar-refractivity contribution is -0.124. The number of nitrogens with one attached hydrogen (secondary N) is 2. The van der Waals surface area contributed by atoms with Gasteiger partial charge in [-0.25, -0.2) is 0 Å². The van der Waals surface area contributed by atoms with E-state index < -0.39 is 0 Å². The Morgan fingerprint density at radius 3 is 3.00 bits per heavy atom. The summed E-state index contributed by atoms with van der Waals surface area (Å²) >= 11 is 0. The van der Waals surface area contributed by atoms with E-state index in [4.69, 9.17) is 5.26 Å². The van der Waals surface area contributed by atoms with E-state index in [2.05, 4.69) is 23.6 Å². The van der Waals surface area contributed by atoms with Crippen LogP contribution in [0, 0.1) is 17.2 Å². The van der Waals surface area contributed by atoms with Crippen LogP contribution >= 0.6 is 0 Å². The highest BCUT2D eigenvalue weighted by molar-refractivity contribution is 5.82. The standard InChI is InChI=1S/C12H21N3O/c1-3-10(4-6-13)15-12(16)11-8-9(2)5-7-14-11/h9-11,14H,3-5,7-8H2,1-2H3,(H,15,16). The van der Waals surface area contributed by atoms with Crippen molar-refractivity contribution in [3.8, 4) is 6.07 Å². The Morgan fingerprint density at radius 2 is 2.44 bits per heavy atom. The van der Waals surface area contributed by atoms with Crippen LogP contribution in [-0.2, 0) is 4.79 Å². The number of rotatable bonds is 4. The second-order valence-electron chi connectivity index (χ2n) is 4.61. The lowest BCUT2D eigenvalue weighted by Crippen LogP contribution is -2.50. The zero-order valence-corrected chi connectivity index (χ0v) is 10.1. The molecule has 0 bridgehead atoms. The summed E-state index contributed by atoms with van der Waals surface area (Å²) in [5.74, 6) is 0.654. The van der Waals surface area contributed by atoms with Gasteiger partial charge in [0.1, 0.15) is 0 Å². The summed E-state index contributed by atoms with van der Waals surface area (Å²) in [7, 11) is 0. The SMILES string of the molecule is CCC(CC#N)NC(=O)C1CC(C)CCN1. The maximum atomic E-state index is 11.9. The van der Waals surface area contributed by atoms with E-state index in [-0.39, 0.29) is 18.0 Å². The van der Waals surface area contributed by atoms with E-state index in [9.17, 15) is 4.79 Å². The average Bonchev–Trinajstić information content (AvgIpc) is 2.28. The largest absolute Gasteiger partial charge is 0.351 e. The number of hydrogen-bond acceptors (Lipinski definition) is 3. The fourth-order valence-corrected chi connectivity index (χ4v) is 2.02. The smallest absolute Gasteiger partial charge is 0.237 e. The van der Waals surface area contributed by atoms with Crippen LogP contribution in [0.15, 0.2) is 0 Å². The van der Waals surface area contributed by atoms with E-state index in [1.807, 2.05) is 6.92 Å². The first-order chi connectivity index (χ1) is 7.67. The number of carbonyl (C=O) groups is 1. The molecule has 90 valence electrons. The predicted octanol–water partition coefficient (Wildman–Crippen LogP) is 1.18. The third-order valence-corrected chi connectivity index (χ3v) is 3.16. The van der Waals surface area contributed by atoms with E-state index >= 15 is 0 Å². The van der Waals surface area contributed by atoms with Gasteiger partial charge in [0.15, 0.2) is 0 Å². The van der Waals surface area contributed by atoms with Crippen molar-refractivity contribution < 1.29 is 4.79 Å². The number of nitrogens with zero attached hydrogens (tertiary/aromatic N) is 1. The van der Waals surface area contributed by atoms with Gasteiger partial charge in [-0.1, -0.05) is 13.8 Å². The highest BCUT2D eigenvalue weighted by Crippen LogP contribution is 2.15. The molecule has 2 N–H and O–H groups in total. The van der Waals surface area contributed by atoms with Gasteiger partial charge in [-0.15, -0.1) is 0 Å². The quantitative estimate of drug-likeness (QED) is 0.752. The first-order valence-corrected chi connectivity index (χ1v) is 6.08. The van der Waals surface area contributed by atoms with Crippen LogP contribution in [0.3, 0.4) is 0 Å². The molecule has 4 heteroatoms. The van der Waals surface area contributed by atoms with Crippen LogP contribution in [0.25, 0.3) is 0 Å². The summed E-state index contributed by atoms with van der Waals surface area (Å²) in [5.41, 5.74) is 0. The molecule has 3 unspecified atom stereocenters. The van der Waals surface area contributed by atoms with Crippen molar-refractivity contribution in [1.29, 1.82) is 5.26 Å².